The summed E-state index contributed by atoms with van der Waals surface area (Å²) >= 11 is 0. The molecule has 4 nitrogen and oxygen atoms in total. The fourth-order valence-electron chi connectivity index (χ4n) is 2.10. The molecule has 2 rings (SSSR count). The number of anilines is 2. The predicted octanol–water partition coefficient (Wildman–Crippen LogP) is 4.11. The second-order valence-corrected chi connectivity index (χ2v) is 5.25. The van der Waals surface area contributed by atoms with Gasteiger partial charge in [-0.2, -0.15) is 0 Å². The van der Waals surface area contributed by atoms with E-state index in [4.69, 9.17) is 0 Å². The molecule has 0 spiro atoms. The van der Waals surface area contributed by atoms with Crippen molar-refractivity contribution in [1.29, 1.82) is 0 Å². The Bertz CT molecular complexity index is 608. The highest BCUT2D eigenvalue weighted by Gasteiger charge is 2.07. The molecule has 1 heterocycles. The summed E-state index contributed by atoms with van der Waals surface area (Å²) in [6, 6.07) is 9.73. The third kappa shape index (κ3) is 4.58. The summed E-state index contributed by atoms with van der Waals surface area (Å²) in [5.41, 5.74) is 3.48. The summed E-state index contributed by atoms with van der Waals surface area (Å²) < 4.78 is 0. The zero-order valence-corrected chi connectivity index (χ0v) is 13.2. The van der Waals surface area contributed by atoms with Gasteiger partial charge in [0, 0.05) is 24.6 Å². The Balaban J connectivity index is 2.00. The average Bonchev–Trinajstić information content (AvgIpc) is 2.56. The monoisotopic (exact) mass is 297 g/mol. The molecule has 0 aliphatic heterocycles. The van der Waals surface area contributed by atoms with Crippen LogP contribution >= 0.6 is 0 Å². The van der Waals surface area contributed by atoms with Crippen molar-refractivity contribution in [2.75, 3.05) is 17.2 Å². The van der Waals surface area contributed by atoms with Gasteiger partial charge in [-0.1, -0.05) is 32.4 Å². The highest BCUT2D eigenvalue weighted by Crippen LogP contribution is 2.13. The van der Waals surface area contributed by atoms with E-state index in [0.717, 1.165) is 37.2 Å². The number of aryl methyl sites for hydroxylation is 1. The zero-order valence-electron chi connectivity index (χ0n) is 13.2. The van der Waals surface area contributed by atoms with E-state index < -0.39 is 0 Å². The van der Waals surface area contributed by atoms with Crippen LogP contribution in [0.15, 0.2) is 42.7 Å². The number of hydrogen-bond donors (Lipinski definition) is 2. The second-order valence-electron chi connectivity index (χ2n) is 5.25. The van der Waals surface area contributed by atoms with Crippen molar-refractivity contribution in [2.45, 2.75) is 33.1 Å². The number of amides is 1. The summed E-state index contributed by atoms with van der Waals surface area (Å²) in [6.07, 6.45) is 6.54. The summed E-state index contributed by atoms with van der Waals surface area (Å²) in [6.45, 7) is 5.14. The van der Waals surface area contributed by atoms with Crippen LogP contribution in [0.5, 0.6) is 0 Å². The molecule has 0 aliphatic rings. The van der Waals surface area contributed by atoms with Gasteiger partial charge in [0.05, 0.1) is 11.3 Å². The summed E-state index contributed by atoms with van der Waals surface area (Å²) in [4.78, 5) is 16.4. The molecule has 1 amide bonds. The molecule has 0 aliphatic carbocycles. The fraction of sp³-hybridized carbons (Fsp3) is 0.333. The first-order valence-corrected chi connectivity index (χ1v) is 7.82. The first kappa shape index (κ1) is 16.0. The van der Waals surface area contributed by atoms with Crippen LogP contribution in [0.1, 0.15) is 42.6 Å². The lowest BCUT2D eigenvalue weighted by molar-refractivity contribution is 0.102. The molecule has 0 saturated carbocycles. The molecule has 0 unspecified atom stereocenters. The number of benzene rings is 1. The van der Waals surface area contributed by atoms with Crippen molar-refractivity contribution in [3.63, 3.8) is 0 Å². The molecule has 1 aromatic heterocycles. The van der Waals surface area contributed by atoms with Gasteiger partial charge in [0.15, 0.2) is 0 Å². The van der Waals surface area contributed by atoms with Crippen molar-refractivity contribution >= 4 is 17.3 Å². The minimum Gasteiger partial charge on any atom is -0.384 e. The molecule has 0 atom stereocenters. The molecule has 116 valence electrons. The van der Waals surface area contributed by atoms with Crippen molar-refractivity contribution in [1.82, 2.24) is 4.98 Å². The molecule has 4 heteroatoms. The molecule has 22 heavy (non-hydrogen) atoms. The Kier molecular flexibility index (Phi) is 5.95. The zero-order chi connectivity index (χ0) is 15.8. The number of carbonyl (C=O) groups is 1. The third-order valence-corrected chi connectivity index (χ3v) is 3.48. The quantitative estimate of drug-likeness (QED) is 0.756. The van der Waals surface area contributed by atoms with Crippen LogP contribution in [-0.2, 0) is 6.42 Å². The smallest absolute Gasteiger partial charge is 0.257 e. The normalized spacial score (nSPS) is 10.3. The van der Waals surface area contributed by atoms with Crippen molar-refractivity contribution in [3.05, 3.63) is 53.9 Å². The summed E-state index contributed by atoms with van der Waals surface area (Å²) in [5.74, 6) is -0.143. The van der Waals surface area contributed by atoms with Crippen LogP contribution in [0.25, 0.3) is 0 Å². The van der Waals surface area contributed by atoms with E-state index in [2.05, 4.69) is 29.5 Å². The topological polar surface area (TPSA) is 54.0 Å². The minimum absolute atomic E-state index is 0.143. The van der Waals surface area contributed by atoms with Crippen molar-refractivity contribution in [3.8, 4) is 0 Å². The summed E-state index contributed by atoms with van der Waals surface area (Å²) in [5, 5.41) is 6.17. The minimum atomic E-state index is -0.143. The molecule has 0 fully saturated rings. The molecule has 0 saturated heterocycles. The largest absolute Gasteiger partial charge is 0.384 e. The van der Waals surface area contributed by atoms with Crippen molar-refractivity contribution < 1.29 is 4.79 Å². The Hall–Kier alpha value is -2.36. The van der Waals surface area contributed by atoms with Gasteiger partial charge in [-0.15, -0.1) is 0 Å². The first-order chi connectivity index (χ1) is 10.7. The van der Waals surface area contributed by atoms with Crippen LogP contribution in [0.2, 0.25) is 0 Å². The van der Waals surface area contributed by atoms with E-state index in [1.54, 1.807) is 12.4 Å². The summed E-state index contributed by atoms with van der Waals surface area (Å²) in [7, 11) is 0. The highest BCUT2D eigenvalue weighted by molar-refractivity contribution is 6.04. The number of unbranched alkanes of at least 4 members (excludes halogenated alkanes) is 1. The number of pyridine rings is 1. The van der Waals surface area contributed by atoms with Gasteiger partial charge in [0.1, 0.15) is 0 Å². The molecule has 1 aromatic carbocycles. The number of nitrogens with one attached hydrogen (secondary N) is 2. The standard InChI is InChI=1S/C18H23N3O/c1-3-5-10-20-17-11-15(12-19-13-17)18(22)21-16-8-6-14(4-2)7-9-16/h6-9,11-13,20H,3-5,10H2,1-2H3,(H,21,22). The first-order valence-electron chi connectivity index (χ1n) is 7.82. The van der Waals surface area contributed by atoms with Gasteiger partial charge in [-0.25, -0.2) is 0 Å². The van der Waals surface area contributed by atoms with E-state index in [1.165, 1.54) is 5.56 Å². The second kappa shape index (κ2) is 8.17. The van der Waals surface area contributed by atoms with Gasteiger partial charge < -0.3 is 10.6 Å². The molecule has 2 N–H and O–H groups in total. The van der Waals surface area contributed by atoms with Crippen LogP contribution in [0.3, 0.4) is 0 Å². The number of hydrogen-bond acceptors (Lipinski definition) is 3. The predicted molar refractivity (Wildman–Crippen MR) is 91.4 cm³/mol. The lowest BCUT2D eigenvalue weighted by atomic mass is 10.1. The van der Waals surface area contributed by atoms with E-state index in [9.17, 15) is 4.79 Å². The Labute approximate surface area is 132 Å². The van der Waals surface area contributed by atoms with Crippen LogP contribution < -0.4 is 10.6 Å². The number of rotatable bonds is 7. The van der Waals surface area contributed by atoms with Gasteiger partial charge >= 0.3 is 0 Å². The number of carbonyl (C=O) groups excluding carboxylic acids is 1. The fourth-order valence-corrected chi connectivity index (χ4v) is 2.10. The average molecular weight is 297 g/mol. The Morgan fingerprint density at radius 1 is 1.09 bits per heavy atom. The molecule has 0 radical (unpaired) electrons. The molecule has 2 aromatic rings. The highest BCUT2D eigenvalue weighted by atomic mass is 16.1. The van der Waals surface area contributed by atoms with Gasteiger partial charge in [0.2, 0.25) is 0 Å². The van der Waals surface area contributed by atoms with Gasteiger partial charge in [-0.3, -0.25) is 9.78 Å². The number of nitrogens with zero attached hydrogens (tertiary/aromatic N) is 1. The van der Waals surface area contributed by atoms with E-state index in [0.29, 0.717) is 5.56 Å². The molecular formula is C18H23N3O. The maximum atomic E-state index is 12.3. The van der Waals surface area contributed by atoms with Crippen LogP contribution in [-0.4, -0.2) is 17.4 Å². The Morgan fingerprint density at radius 2 is 1.86 bits per heavy atom. The van der Waals surface area contributed by atoms with E-state index in [-0.39, 0.29) is 5.91 Å². The lowest BCUT2D eigenvalue weighted by Crippen LogP contribution is -2.13. The maximum Gasteiger partial charge on any atom is 0.257 e. The number of aromatic nitrogens is 1. The van der Waals surface area contributed by atoms with Crippen molar-refractivity contribution in [2.24, 2.45) is 0 Å². The maximum absolute atomic E-state index is 12.3. The van der Waals surface area contributed by atoms with E-state index >= 15 is 0 Å². The molecular weight excluding hydrogens is 274 g/mol. The molecule has 0 bridgehead atoms. The van der Waals surface area contributed by atoms with Crippen LogP contribution in [0, 0.1) is 0 Å². The van der Waals surface area contributed by atoms with E-state index in [1.807, 2.05) is 30.3 Å². The Morgan fingerprint density at radius 3 is 2.55 bits per heavy atom. The van der Waals surface area contributed by atoms with Gasteiger partial charge in [0.25, 0.3) is 5.91 Å². The SMILES string of the molecule is CCCCNc1cncc(C(=O)Nc2ccc(CC)cc2)c1. The lowest BCUT2D eigenvalue weighted by Gasteiger charge is -2.08. The van der Waals surface area contributed by atoms with Crippen LogP contribution in [0.4, 0.5) is 11.4 Å². The third-order valence-electron chi connectivity index (χ3n) is 3.48. The van der Waals surface area contributed by atoms with Gasteiger partial charge in [-0.05, 0) is 36.6 Å².